The van der Waals surface area contributed by atoms with Gasteiger partial charge >= 0.3 is 6.03 Å². The summed E-state index contributed by atoms with van der Waals surface area (Å²) in [5, 5.41) is 12.1. The van der Waals surface area contributed by atoms with E-state index in [2.05, 4.69) is 15.3 Å². The number of nitrogens with one attached hydrogen (secondary N) is 1. The third kappa shape index (κ3) is 4.41. The molecule has 1 aromatic carbocycles. The van der Waals surface area contributed by atoms with E-state index in [1.54, 1.807) is 25.8 Å². The normalized spacial score (nSPS) is 18.1. The predicted molar refractivity (Wildman–Crippen MR) is 119 cm³/mol. The Morgan fingerprint density at radius 1 is 1.29 bits per heavy atom. The van der Waals surface area contributed by atoms with Crippen LogP contribution in [0.1, 0.15) is 48.3 Å². The van der Waals surface area contributed by atoms with Crippen molar-refractivity contribution in [2.45, 2.75) is 51.2 Å². The molecule has 34 heavy (non-hydrogen) atoms. The van der Waals surface area contributed by atoms with E-state index >= 15 is 4.39 Å². The van der Waals surface area contributed by atoms with Crippen LogP contribution in [-0.4, -0.2) is 58.9 Å². The van der Waals surface area contributed by atoms with Crippen molar-refractivity contribution in [1.82, 2.24) is 14.9 Å². The van der Waals surface area contributed by atoms with Gasteiger partial charge in [0, 0.05) is 31.9 Å². The van der Waals surface area contributed by atoms with Crippen LogP contribution in [-0.2, 0) is 17.2 Å². The van der Waals surface area contributed by atoms with Crippen LogP contribution in [0.15, 0.2) is 18.2 Å². The molecule has 0 radical (unpaired) electrons. The molecule has 8 nitrogen and oxygen atoms in total. The van der Waals surface area contributed by atoms with Crippen LogP contribution in [0.5, 0.6) is 0 Å². The van der Waals surface area contributed by atoms with E-state index in [1.165, 1.54) is 17.0 Å². The van der Waals surface area contributed by atoms with Gasteiger partial charge in [0.1, 0.15) is 29.9 Å². The summed E-state index contributed by atoms with van der Waals surface area (Å²) in [6, 6.07) is 2.82. The van der Waals surface area contributed by atoms with Gasteiger partial charge in [-0.25, -0.2) is 19.2 Å². The van der Waals surface area contributed by atoms with E-state index in [9.17, 15) is 13.6 Å². The minimum Gasteiger partial charge on any atom is -0.390 e. The number of halogens is 3. The van der Waals surface area contributed by atoms with Gasteiger partial charge in [-0.15, -0.1) is 0 Å². The highest BCUT2D eigenvalue weighted by molar-refractivity contribution is 5.94. The molecule has 3 heterocycles. The van der Waals surface area contributed by atoms with Crippen LogP contribution in [0.25, 0.3) is 0 Å². The Balaban J connectivity index is 1.68. The number of aromatic nitrogens is 2. The Bertz CT molecular complexity index is 1080. The first-order valence-electron chi connectivity index (χ1n) is 11.2. The van der Waals surface area contributed by atoms with Crippen molar-refractivity contribution in [3.63, 3.8) is 0 Å². The maximum absolute atomic E-state index is 15.0. The van der Waals surface area contributed by atoms with Crippen molar-refractivity contribution in [3.05, 3.63) is 46.5 Å². The number of aryl methyl sites for hydroxylation is 1. The monoisotopic (exact) mass is 479 g/mol. The quantitative estimate of drug-likeness (QED) is 0.656. The standard InChI is InChI=1S/C23H28F3N5O3/c1-13(16-5-4-6-18(19(16)24)23(25,26)12-32)27-20-17-11-31(15-7-9-34-10-8-15)22(33)30(3)21(17)29-14(2)28-20/h4-6,13,15,32H,7-12H2,1-3H3,(H,27,28,29)/t13-/m1/s1. The van der Waals surface area contributed by atoms with Gasteiger partial charge < -0.3 is 20.1 Å². The second-order valence-electron chi connectivity index (χ2n) is 8.67. The number of urea groups is 1. The molecule has 2 aromatic rings. The largest absolute Gasteiger partial charge is 0.390 e. The van der Waals surface area contributed by atoms with Crippen molar-refractivity contribution < 1.29 is 27.8 Å². The Morgan fingerprint density at radius 2 is 2.00 bits per heavy atom. The molecule has 2 aliphatic rings. The zero-order valence-electron chi connectivity index (χ0n) is 19.3. The third-order valence-corrected chi connectivity index (χ3v) is 6.35. The Kier molecular flexibility index (Phi) is 6.68. The third-order valence-electron chi connectivity index (χ3n) is 6.35. The summed E-state index contributed by atoms with van der Waals surface area (Å²) < 4.78 is 48.5. The summed E-state index contributed by atoms with van der Waals surface area (Å²) in [5.41, 5.74) is -0.182. The lowest BCUT2D eigenvalue weighted by Crippen LogP contribution is -2.52. The van der Waals surface area contributed by atoms with Crippen LogP contribution < -0.4 is 10.2 Å². The summed E-state index contributed by atoms with van der Waals surface area (Å²) in [5.74, 6) is -3.51. The minimum atomic E-state index is -3.70. The lowest BCUT2D eigenvalue weighted by molar-refractivity contribution is -0.0583. The number of alkyl halides is 2. The molecule has 11 heteroatoms. The molecule has 1 fully saturated rings. The molecule has 4 rings (SSSR count). The van der Waals surface area contributed by atoms with Gasteiger partial charge in [0.25, 0.3) is 5.92 Å². The van der Waals surface area contributed by atoms with Crippen LogP contribution in [0.4, 0.5) is 29.6 Å². The van der Waals surface area contributed by atoms with Gasteiger partial charge in [0.2, 0.25) is 0 Å². The van der Waals surface area contributed by atoms with Gasteiger partial charge in [0.05, 0.1) is 23.7 Å². The molecule has 0 unspecified atom stereocenters. The summed E-state index contributed by atoms with van der Waals surface area (Å²) in [6.45, 7) is 3.25. The number of rotatable bonds is 6. The smallest absolute Gasteiger partial charge is 0.325 e. The second-order valence-corrected chi connectivity index (χ2v) is 8.67. The SMILES string of the molecule is Cc1nc(N[C@H](C)c2cccc(C(F)(F)CO)c2F)c2c(n1)N(C)C(=O)N(C1CCOCC1)C2. The van der Waals surface area contributed by atoms with E-state index in [0.29, 0.717) is 36.2 Å². The Labute approximate surface area is 195 Å². The maximum atomic E-state index is 15.0. The predicted octanol–water partition coefficient (Wildman–Crippen LogP) is 3.73. The number of fused-ring (bicyclic) bond motifs is 1. The first-order valence-corrected chi connectivity index (χ1v) is 11.2. The molecule has 0 bridgehead atoms. The lowest BCUT2D eigenvalue weighted by atomic mass is 10.00. The Hall–Kier alpha value is -2.92. The fourth-order valence-corrected chi connectivity index (χ4v) is 4.46. The zero-order valence-corrected chi connectivity index (χ0v) is 19.3. The molecule has 1 atom stereocenters. The number of hydrogen-bond acceptors (Lipinski definition) is 6. The van der Waals surface area contributed by atoms with Crippen LogP contribution in [0.3, 0.4) is 0 Å². The van der Waals surface area contributed by atoms with Crippen molar-refractivity contribution in [1.29, 1.82) is 0 Å². The fourth-order valence-electron chi connectivity index (χ4n) is 4.46. The average molecular weight is 480 g/mol. The zero-order chi connectivity index (χ0) is 24.6. The number of carbonyl (C=O) groups is 1. The number of aliphatic hydroxyl groups is 1. The van der Waals surface area contributed by atoms with E-state index in [4.69, 9.17) is 9.84 Å². The van der Waals surface area contributed by atoms with Crippen LogP contribution >= 0.6 is 0 Å². The molecule has 0 spiro atoms. The highest BCUT2D eigenvalue weighted by Crippen LogP contribution is 2.36. The first-order chi connectivity index (χ1) is 16.1. The number of ether oxygens (including phenoxy) is 1. The van der Waals surface area contributed by atoms with Crippen LogP contribution in [0.2, 0.25) is 0 Å². The fraction of sp³-hybridized carbons (Fsp3) is 0.522. The number of carbonyl (C=O) groups excluding carboxylic acids is 1. The second kappa shape index (κ2) is 9.38. The number of anilines is 2. The molecule has 184 valence electrons. The van der Waals surface area contributed by atoms with Crippen molar-refractivity contribution >= 4 is 17.7 Å². The Morgan fingerprint density at radius 3 is 2.68 bits per heavy atom. The molecule has 0 aliphatic carbocycles. The number of amides is 2. The molecule has 2 aliphatic heterocycles. The lowest BCUT2D eigenvalue weighted by Gasteiger charge is -2.41. The van der Waals surface area contributed by atoms with E-state index in [-0.39, 0.29) is 24.2 Å². The topological polar surface area (TPSA) is 90.8 Å². The molecular weight excluding hydrogens is 451 g/mol. The highest BCUT2D eigenvalue weighted by Gasteiger charge is 2.37. The summed E-state index contributed by atoms with van der Waals surface area (Å²) >= 11 is 0. The maximum Gasteiger partial charge on any atom is 0.325 e. The number of nitrogens with zero attached hydrogens (tertiary/aromatic N) is 4. The van der Waals surface area contributed by atoms with Gasteiger partial charge in [0.15, 0.2) is 0 Å². The van der Waals surface area contributed by atoms with Gasteiger partial charge in [-0.1, -0.05) is 12.1 Å². The van der Waals surface area contributed by atoms with Crippen molar-refractivity contribution in [3.8, 4) is 0 Å². The number of aliphatic hydroxyl groups excluding tert-OH is 1. The molecular formula is C23H28F3N5O3. The molecule has 1 saturated heterocycles. The molecule has 1 aromatic heterocycles. The van der Waals surface area contributed by atoms with Gasteiger partial charge in [-0.05, 0) is 32.8 Å². The van der Waals surface area contributed by atoms with Crippen molar-refractivity contribution in [2.24, 2.45) is 0 Å². The molecule has 2 amide bonds. The summed E-state index contributed by atoms with van der Waals surface area (Å²) in [6.07, 6.45) is 1.44. The first kappa shape index (κ1) is 24.2. The van der Waals surface area contributed by atoms with E-state index < -0.39 is 30.0 Å². The summed E-state index contributed by atoms with van der Waals surface area (Å²) in [4.78, 5) is 25.2. The van der Waals surface area contributed by atoms with Crippen LogP contribution in [0, 0.1) is 12.7 Å². The summed E-state index contributed by atoms with van der Waals surface area (Å²) in [7, 11) is 1.65. The number of hydrogen-bond donors (Lipinski definition) is 2. The highest BCUT2D eigenvalue weighted by atomic mass is 19.3. The minimum absolute atomic E-state index is 0.0113. The van der Waals surface area contributed by atoms with E-state index in [0.717, 1.165) is 18.9 Å². The average Bonchev–Trinajstić information content (AvgIpc) is 2.82. The van der Waals surface area contributed by atoms with Gasteiger partial charge in [-0.2, -0.15) is 8.78 Å². The van der Waals surface area contributed by atoms with Gasteiger partial charge in [-0.3, -0.25) is 4.90 Å². The van der Waals surface area contributed by atoms with E-state index in [1.807, 2.05) is 0 Å². The number of benzene rings is 1. The molecule has 2 N–H and O–H groups in total. The molecule has 0 saturated carbocycles. The van der Waals surface area contributed by atoms with Crippen molar-refractivity contribution in [2.75, 3.05) is 37.1 Å².